The highest BCUT2D eigenvalue weighted by Gasteiger charge is 2.31. The molecule has 2 aromatic rings. The maximum atomic E-state index is 11.6. The van der Waals surface area contributed by atoms with Crippen LogP contribution in [0.1, 0.15) is 12.3 Å². The van der Waals surface area contributed by atoms with Gasteiger partial charge in [0.25, 0.3) is 0 Å². The Morgan fingerprint density at radius 2 is 2.26 bits per heavy atom. The SMILES string of the molecule is COc1cccc(-c2noc(CN(C)C3CCS(=O)(=O)C3)n2)c1. The first-order chi connectivity index (χ1) is 11.0. The van der Waals surface area contributed by atoms with Crippen LogP contribution in [0.25, 0.3) is 11.4 Å². The summed E-state index contributed by atoms with van der Waals surface area (Å²) in [7, 11) is 0.578. The van der Waals surface area contributed by atoms with E-state index in [4.69, 9.17) is 9.26 Å². The molecule has 23 heavy (non-hydrogen) atoms. The van der Waals surface area contributed by atoms with Gasteiger partial charge in [-0.2, -0.15) is 4.98 Å². The van der Waals surface area contributed by atoms with E-state index < -0.39 is 9.84 Å². The van der Waals surface area contributed by atoms with Crippen molar-refractivity contribution in [1.29, 1.82) is 0 Å². The third kappa shape index (κ3) is 3.70. The van der Waals surface area contributed by atoms with Crippen molar-refractivity contribution in [2.24, 2.45) is 0 Å². The largest absolute Gasteiger partial charge is 0.497 e. The Hall–Kier alpha value is -1.93. The van der Waals surface area contributed by atoms with Crippen molar-refractivity contribution >= 4 is 9.84 Å². The second-order valence-electron chi connectivity index (χ2n) is 5.72. The van der Waals surface area contributed by atoms with E-state index in [-0.39, 0.29) is 17.5 Å². The predicted octanol–water partition coefficient (Wildman–Crippen LogP) is 1.36. The summed E-state index contributed by atoms with van der Waals surface area (Å²) in [5.74, 6) is 2.13. The number of hydrogen-bond donors (Lipinski definition) is 0. The van der Waals surface area contributed by atoms with Gasteiger partial charge in [-0.25, -0.2) is 8.42 Å². The molecule has 0 amide bonds. The lowest BCUT2D eigenvalue weighted by Crippen LogP contribution is -2.32. The fourth-order valence-corrected chi connectivity index (χ4v) is 4.47. The minimum atomic E-state index is -2.90. The fraction of sp³-hybridized carbons (Fsp3) is 0.467. The number of methoxy groups -OCH3 is 1. The van der Waals surface area contributed by atoms with E-state index in [0.717, 1.165) is 11.3 Å². The summed E-state index contributed by atoms with van der Waals surface area (Å²) in [6, 6.07) is 7.43. The standard InChI is InChI=1S/C15H19N3O4S/c1-18(12-6-7-23(19,20)10-12)9-14-16-15(17-22-14)11-4-3-5-13(8-11)21-2/h3-5,8,12H,6-7,9-10H2,1-2H3. The zero-order chi connectivity index (χ0) is 16.4. The molecule has 1 fully saturated rings. The van der Waals surface area contributed by atoms with Crippen LogP contribution in [0, 0.1) is 0 Å². The zero-order valence-electron chi connectivity index (χ0n) is 13.1. The van der Waals surface area contributed by atoms with E-state index in [1.54, 1.807) is 7.11 Å². The maximum absolute atomic E-state index is 11.6. The second-order valence-corrected chi connectivity index (χ2v) is 7.94. The Labute approximate surface area is 135 Å². The lowest BCUT2D eigenvalue weighted by atomic mass is 10.2. The van der Waals surface area contributed by atoms with Crippen molar-refractivity contribution in [3.63, 3.8) is 0 Å². The number of sulfone groups is 1. The molecular weight excluding hydrogens is 318 g/mol. The molecule has 0 N–H and O–H groups in total. The Morgan fingerprint density at radius 1 is 1.43 bits per heavy atom. The summed E-state index contributed by atoms with van der Waals surface area (Å²) in [5.41, 5.74) is 0.811. The van der Waals surface area contributed by atoms with Gasteiger partial charge in [0.1, 0.15) is 5.75 Å². The second kappa shape index (κ2) is 6.29. The van der Waals surface area contributed by atoms with E-state index >= 15 is 0 Å². The van der Waals surface area contributed by atoms with Crippen molar-refractivity contribution in [1.82, 2.24) is 15.0 Å². The number of rotatable bonds is 5. The van der Waals surface area contributed by atoms with E-state index in [2.05, 4.69) is 10.1 Å². The lowest BCUT2D eigenvalue weighted by molar-refractivity contribution is 0.218. The highest BCUT2D eigenvalue weighted by Crippen LogP contribution is 2.22. The molecule has 3 rings (SSSR count). The molecule has 0 aliphatic carbocycles. The summed E-state index contributed by atoms with van der Waals surface area (Å²) in [4.78, 5) is 6.33. The molecule has 0 saturated carbocycles. The van der Waals surface area contributed by atoms with Gasteiger partial charge in [0.2, 0.25) is 11.7 Å². The Morgan fingerprint density at radius 3 is 2.96 bits per heavy atom. The van der Waals surface area contributed by atoms with Crippen LogP contribution in [0.5, 0.6) is 5.75 Å². The van der Waals surface area contributed by atoms with Crippen LogP contribution in [0.4, 0.5) is 0 Å². The molecule has 0 radical (unpaired) electrons. The van der Waals surface area contributed by atoms with Crippen molar-refractivity contribution < 1.29 is 17.7 Å². The van der Waals surface area contributed by atoms with Crippen LogP contribution in [0.15, 0.2) is 28.8 Å². The van der Waals surface area contributed by atoms with Crippen LogP contribution >= 0.6 is 0 Å². The fourth-order valence-electron chi connectivity index (χ4n) is 2.66. The molecule has 0 spiro atoms. The summed E-state index contributed by atoms with van der Waals surface area (Å²) >= 11 is 0. The van der Waals surface area contributed by atoms with Crippen molar-refractivity contribution in [3.8, 4) is 17.1 Å². The first kappa shape index (κ1) is 15.9. The Bertz CT molecular complexity index is 788. The minimum Gasteiger partial charge on any atom is -0.497 e. The number of hydrogen-bond acceptors (Lipinski definition) is 7. The molecule has 1 aliphatic rings. The van der Waals surface area contributed by atoms with Crippen molar-refractivity contribution in [2.75, 3.05) is 25.7 Å². The highest BCUT2D eigenvalue weighted by molar-refractivity contribution is 7.91. The van der Waals surface area contributed by atoms with Gasteiger partial charge in [-0.15, -0.1) is 0 Å². The van der Waals surface area contributed by atoms with Gasteiger partial charge in [-0.1, -0.05) is 17.3 Å². The monoisotopic (exact) mass is 337 g/mol. The molecule has 1 aliphatic heterocycles. The molecule has 1 saturated heterocycles. The van der Waals surface area contributed by atoms with Crippen LogP contribution in [-0.2, 0) is 16.4 Å². The Balaban J connectivity index is 1.69. The van der Waals surface area contributed by atoms with Gasteiger partial charge in [0.05, 0.1) is 25.2 Å². The lowest BCUT2D eigenvalue weighted by Gasteiger charge is -2.20. The summed E-state index contributed by atoms with van der Waals surface area (Å²) in [6.07, 6.45) is 0.649. The molecule has 2 heterocycles. The average molecular weight is 337 g/mol. The molecule has 1 unspecified atom stereocenters. The number of aromatic nitrogens is 2. The molecule has 124 valence electrons. The Kier molecular flexibility index (Phi) is 4.36. The molecule has 1 aromatic carbocycles. The van der Waals surface area contributed by atoms with Gasteiger partial charge in [0.15, 0.2) is 9.84 Å². The van der Waals surface area contributed by atoms with Crippen LogP contribution in [0.2, 0.25) is 0 Å². The van der Waals surface area contributed by atoms with Crippen LogP contribution < -0.4 is 4.74 Å². The van der Waals surface area contributed by atoms with Crippen LogP contribution in [0.3, 0.4) is 0 Å². The number of benzene rings is 1. The smallest absolute Gasteiger partial charge is 0.241 e. The molecule has 0 bridgehead atoms. The van der Waals surface area contributed by atoms with E-state index in [9.17, 15) is 8.42 Å². The molecule has 8 heteroatoms. The topological polar surface area (TPSA) is 85.5 Å². The molecular formula is C15H19N3O4S. The number of nitrogens with zero attached hydrogens (tertiary/aromatic N) is 3. The van der Waals surface area contributed by atoms with Gasteiger partial charge in [-0.05, 0) is 25.6 Å². The van der Waals surface area contributed by atoms with Gasteiger partial charge in [-0.3, -0.25) is 4.90 Å². The average Bonchev–Trinajstić information content (AvgIpc) is 3.13. The molecule has 1 atom stereocenters. The highest BCUT2D eigenvalue weighted by atomic mass is 32.2. The quantitative estimate of drug-likeness (QED) is 0.814. The molecule has 1 aromatic heterocycles. The van der Waals surface area contributed by atoms with Crippen molar-refractivity contribution in [2.45, 2.75) is 19.0 Å². The minimum absolute atomic E-state index is 0.00664. The first-order valence-electron chi connectivity index (χ1n) is 7.34. The summed E-state index contributed by atoms with van der Waals surface area (Å²) in [5, 5.41) is 3.98. The van der Waals surface area contributed by atoms with Crippen LogP contribution in [-0.4, -0.2) is 55.2 Å². The van der Waals surface area contributed by atoms with E-state index in [1.165, 1.54) is 0 Å². The maximum Gasteiger partial charge on any atom is 0.241 e. The number of ether oxygens (including phenoxy) is 1. The summed E-state index contributed by atoms with van der Waals surface area (Å²) < 4.78 is 33.6. The van der Waals surface area contributed by atoms with E-state index in [1.807, 2.05) is 36.2 Å². The van der Waals surface area contributed by atoms with Gasteiger partial charge < -0.3 is 9.26 Å². The van der Waals surface area contributed by atoms with E-state index in [0.29, 0.717) is 24.7 Å². The normalized spacial score (nSPS) is 20.0. The third-order valence-electron chi connectivity index (χ3n) is 4.01. The zero-order valence-corrected chi connectivity index (χ0v) is 13.9. The van der Waals surface area contributed by atoms with Gasteiger partial charge in [0, 0.05) is 11.6 Å². The third-order valence-corrected chi connectivity index (χ3v) is 5.76. The molecule has 7 nitrogen and oxygen atoms in total. The predicted molar refractivity (Wildman–Crippen MR) is 84.8 cm³/mol. The van der Waals surface area contributed by atoms with Gasteiger partial charge >= 0.3 is 0 Å². The summed E-state index contributed by atoms with van der Waals surface area (Å²) in [6.45, 7) is 0.428. The van der Waals surface area contributed by atoms with Crippen molar-refractivity contribution in [3.05, 3.63) is 30.2 Å². The first-order valence-corrected chi connectivity index (χ1v) is 9.16.